The third-order valence-corrected chi connectivity index (χ3v) is 3.55. The van der Waals surface area contributed by atoms with E-state index in [0.717, 1.165) is 17.2 Å². The van der Waals surface area contributed by atoms with Crippen LogP contribution in [0.1, 0.15) is 19.4 Å². The van der Waals surface area contributed by atoms with Gasteiger partial charge in [0.25, 0.3) is 0 Å². The van der Waals surface area contributed by atoms with Gasteiger partial charge in [0.1, 0.15) is 0 Å². The van der Waals surface area contributed by atoms with Crippen LogP contribution in [0.3, 0.4) is 0 Å². The average Bonchev–Trinajstić information content (AvgIpc) is 2.15. The van der Waals surface area contributed by atoms with Gasteiger partial charge in [0.2, 0.25) is 0 Å². The number of benzene rings is 1. The van der Waals surface area contributed by atoms with E-state index < -0.39 is 0 Å². The lowest BCUT2D eigenvalue weighted by molar-refractivity contribution is 0.747. The predicted molar refractivity (Wildman–Crippen MR) is 70.7 cm³/mol. The van der Waals surface area contributed by atoms with Gasteiger partial charge in [-0.2, -0.15) is 11.8 Å². The van der Waals surface area contributed by atoms with Gasteiger partial charge >= 0.3 is 0 Å². The first-order chi connectivity index (χ1) is 7.08. The Morgan fingerprint density at radius 3 is 2.73 bits per heavy atom. The van der Waals surface area contributed by atoms with Crippen LogP contribution in [0.4, 0.5) is 0 Å². The molecule has 0 heterocycles. The van der Waals surface area contributed by atoms with E-state index in [4.69, 9.17) is 17.3 Å². The topological polar surface area (TPSA) is 26.0 Å². The fourth-order valence-corrected chi connectivity index (χ4v) is 2.30. The Morgan fingerprint density at radius 1 is 1.40 bits per heavy atom. The van der Waals surface area contributed by atoms with Crippen LogP contribution in [-0.2, 0) is 6.42 Å². The Kier molecular flexibility index (Phi) is 5.51. The molecule has 0 saturated heterocycles. The first kappa shape index (κ1) is 12.9. The molecule has 0 aliphatic carbocycles. The molecule has 1 nitrogen and oxygen atoms in total. The maximum atomic E-state index is 6.04. The van der Waals surface area contributed by atoms with Gasteiger partial charge in [-0.3, -0.25) is 0 Å². The molecule has 0 amide bonds. The van der Waals surface area contributed by atoms with Crippen molar-refractivity contribution in [3.05, 3.63) is 34.9 Å². The summed E-state index contributed by atoms with van der Waals surface area (Å²) in [6, 6.07) is 8.14. The molecular formula is C12H18ClNS. The molecule has 0 bridgehead atoms. The zero-order chi connectivity index (χ0) is 11.3. The molecule has 0 saturated carbocycles. The van der Waals surface area contributed by atoms with E-state index in [1.165, 1.54) is 5.56 Å². The summed E-state index contributed by atoms with van der Waals surface area (Å²) in [4.78, 5) is 0. The second-order valence-corrected chi connectivity index (χ2v) is 6.02. The number of hydrogen-bond acceptors (Lipinski definition) is 2. The van der Waals surface area contributed by atoms with Crippen LogP contribution in [0.5, 0.6) is 0 Å². The fourth-order valence-electron chi connectivity index (χ4n) is 1.34. The number of rotatable bonds is 5. The van der Waals surface area contributed by atoms with E-state index in [1.54, 1.807) is 0 Å². The molecule has 0 aliphatic rings. The molecule has 84 valence electrons. The summed E-state index contributed by atoms with van der Waals surface area (Å²) in [5, 5.41) is 1.44. The molecule has 1 aromatic rings. The molecule has 1 atom stereocenters. The predicted octanol–water partition coefficient (Wildman–Crippen LogP) is 3.35. The van der Waals surface area contributed by atoms with E-state index in [-0.39, 0.29) is 6.04 Å². The van der Waals surface area contributed by atoms with Gasteiger partial charge in [0, 0.05) is 16.8 Å². The molecule has 1 unspecified atom stereocenters. The average molecular weight is 244 g/mol. The van der Waals surface area contributed by atoms with Gasteiger partial charge in [-0.15, -0.1) is 0 Å². The molecule has 0 spiro atoms. The van der Waals surface area contributed by atoms with Gasteiger partial charge in [-0.25, -0.2) is 0 Å². The van der Waals surface area contributed by atoms with E-state index in [1.807, 2.05) is 30.0 Å². The first-order valence-electron chi connectivity index (χ1n) is 5.19. The van der Waals surface area contributed by atoms with Crippen LogP contribution in [0.15, 0.2) is 24.3 Å². The lowest BCUT2D eigenvalue weighted by atomic mass is 10.1. The molecule has 2 N–H and O–H groups in total. The van der Waals surface area contributed by atoms with E-state index in [9.17, 15) is 0 Å². The Hall–Kier alpha value is -0.180. The Balaban J connectivity index is 2.40. The summed E-state index contributed by atoms with van der Waals surface area (Å²) in [6.45, 7) is 4.38. The highest BCUT2D eigenvalue weighted by molar-refractivity contribution is 7.99. The summed E-state index contributed by atoms with van der Waals surface area (Å²) in [5.41, 5.74) is 7.26. The number of halogens is 1. The molecular weight excluding hydrogens is 226 g/mol. The lowest BCUT2D eigenvalue weighted by Crippen LogP contribution is -2.26. The van der Waals surface area contributed by atoms with Crippen molar-refractivity contribution in [1.82, 2.24) is 0 Å². The second-order valence-electron chi connectivity index (χ2n) is 3.98. The molecule has 0 aliphatic heterocycles. The first-order valence-corrected chi connectivity index (χ1v) is 6.62. The molecule has 0 radical (unpaired) electrons. The van der Waals surface area contributed by atoms with Crippen LogP contribution in [0, 0.1) is 0 Å². The van der Waals surface area contributed by atoms with Crippen molar-refractivity contribution in [3.63, 3.8) is 0 Å². The van der Waals surface area contributed by atoms with Gasteiger partial charge in [-0.05, 0) is 29.4 Å². The SMILES string of the molecule is CC(C)SCC(N)Cc1cccc(Cl)c1. The standard InChI is InChI=1S/C12H18ClNS/c1-9(2)15-8-12(14)7-10-4-3-5-11(13)6-10/h3-6,9,12H,7-8,14H2,1-2H3. The summed E-state index contributed by atoms with van der Waals surface area (Å²) < 4.78 is 0. The summed E-state index contributed by atoms with van der Waals surface area (Å²) >= 11 is 7.81. The number of hydrogen-bond donors (Lipinski definition) is 1. The Bertz CT molecular complexity index is 301. The van der Waals surface area contributed by atoms with Crippen LogP contribution in [0.2, 0.25) is 5.02 Å². The van der Waals surface area contributed by atoms with E-state index in [0.29, 0.717) is 5.25 Å². The summed E-state index contributed by atoms with van der Waals surface area (Å²) in [6.07, 6.45) is 0.903. The largest absolute Gasteiger partial charge is 0.327 e. The molecule has 1 aromatic carbocycles. The van der Waals surface area contributed by atoms with Crippen LogP contribution < -0.4 is 5.73 Å². The summed E-state index contributed by atoms with van der Waals surface area (Å²) in [7, 11) is 0. The van der Waals surface area contributed by atoms with Crippen LogP contribution >= 0.6 is 23.4 Å². The van der Waals surface area contributed by atoms with Gasteiger partial charge in [-0.1, -0.05) is 37.6 Å². The Labute approximate surface area is 101 Å². The monoisotopic (exact) mass is 243 g/mol. The zero-order valence-electron chi connectivity index (χ0n) is 9.24. The highest BCUT2D eigenvalue weighted by Gasteiger charge is 2.05. The van der Waals surface area contributed by atoms with Crippen molar-refractivity contribution < 1.29 is 0 Å². The van der Waals surface area contributed by atoms with Crippen LogP contribution in [0.25, 0.3) is 0 Å². The van der Waals surface area contributed by atoms with E-state index in [2.05, 4.69) is 19.9 Å². The number of nitrogens with two attached hydrogens (primary N) is 1. The van der Waals surface area contributed by atoms with Crippen molar-refractivity contribution in [2.24, 2.45) is 5.73 Å². The van der Waals surface area contributed by atoms with Gasteiger partial charge in [0.05, 0.1) is 0 Å². The zero-order valence-corrected chi connectivity index (χ0v) is 10.8. The number of thioether (sulfide) groups is 1. The molecule has 15 heavy (non-hydrogen) atoms. The fraction of sp³-hybridized carbons (Fsp3) is 0.500. The third kappa shape index (κ3) is 5.45. The van der Waals surface area contributed by atoms with Crippen LogP contribution in [-0.4, -0.2) is 17.0 Å². The van der Waals surface area contributed by atoms with Crippen molar-refractivity contribution in [3.8, 4) is 0 Å². The minimum Gasteiger partial charge on any atom is -0.327 e. The van der Waals surface area contributed by atoms with E-state index >= 15 is 0 Å². The smallest absolute Gasteiger partial charge is 0.0408 e. The maximum Gasteiger partial charge on any atom is 0.0408 e. The third-order valence-electron chi connectivity index (χ3n) is 2.03. The van der Waals surface area contributed by atoms with Crippen molar-refractivity contribution in [1.29, 1.82) is 0 Å². The van der Waals surface area contributed by atoms with Gasteiger partial charge in [0.15, 0.2) is 0 Å². The van der Waals surface area contributed by atoms with Crippen molar-refractivity contribution in [2.75, 3.05) is 5.75 Å². The highest BCUT2D eigenvalue weighted by Crippen LogP contribution is 2.15. The lowest BCUT2D eigenvalue weighted by Gasteiger charge is -2.13. The minimum absolute atomic E-state index is 0.218. The normalized spacial score (nSPS) is 13.1. The quantitative estimate of drug-likeness (QED) is 0.859. The minimum atomic E-state index is 0.218. The van der Waals surface area contributed by atoms with Crippen molar-refractivity contribution >= 4 is 23.4 Å². The van der Waals surface area contributed by atoms with Gasteiger partial charge < -0.3 is 5.73 Å². The van der Waals surface area contributed by atoms with Crippen molar-refractivity contribution in [2.45, 2.75) is 31.6 Å². The molecule has 0 aromatic heterocycles. The Morgan fingerprint density at radius 2 is 2.13 bits per heavy atom. The highest BCUT2D eigenvalue weighted by atomic mass is 35.5. The molecule has 1 rings (SSSR count). The molecule has 3 heteroatoms. The second kappa shape index (κ2) is 6.41. The molecule has 0 fully saturated rings. The summed E-state index contributed by atoms with van der Waals surface area (Å²) in [5.74, 6) is 1.00. The maximum absolute atomic E-state index is 6.04.